The molecule has 0 amide bonds. The van der Waals surface area contributed by atoms with E-state index in [2.05, 4.69) is 169 Å². The second kappa shape index (κ2) is 12.7. The molecule has 0 spiro atoms. The molecule has 0 saturated heterocycles. The van der Waals surface area contributed by atoms with Gasteiger partial charge in [-0.05, 0) is 94.0 Å². The summed E-state index contributed by atoms with van der Waals surface area (Å²) in [6.45, 7) is 4.60. The molecule has 0 fully saturated rings. The predicted octanol–water partition coefficient (Wildman–Crippen LogP) is 13.3. The Labute approximate surface area is 356 Å². The number of rotatable bonds is 4. The van der Waals surface area contributed by atoms with Crippen LogP contribution in [0.2, 0.25) is 0 Å². The van der Waals surface area contributed by atoms with Crippen molar-refractivity contribution in [2.45, 2.75) is 19.3 Å². The van der Waals surface area contributed by atoms with E-state index in [0.29, 0.717) is 11.5 Å². The normalized spacial score (nSPS) is 13.2. The number of benzene rings is 8. The summed E-state index contributed by atoms with van der Waals surface area (Å²) in [5.41, 5.74) is 15.2. The lowest BCUT2D eigenvalue weighted by Gasteiger charge is -2.22. The summed E-state index contributed by atoms with van der Waals surface area (Å²) >= 11 is 0. The summed E-state index contributed by atoms with van der Waals surface area (Å²) in [6.07, 6.45) is 0. The van der Waals surface area contributed by atoms with Gasteiger partial charge >= 0.3 is 0 Å². The van der Waals surface area contributed by atoms with Gasteiger partial charge in [0.2, 0.25) is 5.95 Å². The van der Waals surface area contributed by atoms with Crippen LogP contribution >= 0.6 is 0 Å². The molecule has 1 aliphatic carbocycles. The van der Waals surface area contributed by atoms with Gasteiger partial charge in [-0.2, -0.15) is 0 Å². The van der Waals surface area contributed by atoms with Crippen molar-refractivity contribution < 1.29 is 0 Å². The second-order valence-corrected chi connectivity index (χ2v) is 17.0. The molecule has 13 rings (SSSR count). The fourth-order valence-electron chi connectivity index (χ4n) is 10.4. The molecule has 6 heteroatoms. The zero-order chi connectivity index (χ0) is 41.3. The summed E-state index contributed by atoms with van der Waals surface area (Å²) in [5.74, 6) is 0.449. The van der Waals surface area contributed by atoms with Crippen LogP contribution < -0.4 is 5.56 Å². The molecule has 292 valence electrons. The standard InChI is InChI=1S/C56H37N5O/c1-56(2)44-20-10-6-16-37(44)38-27-24-35(32-45(38)56)52-41-19-8-12-22-47(41)58-55(59-52)61-50-29-26-34(31-43(50)51-40-18-7-11-21-46(40)57-54(62)53(51)61)33-25-28-49-42(30-33)39-17-9-13-23-48(39)60(49)36-14-4-3-5-15-36/h3-32H,1-2H3,(H,57,62). The van der Waals surface area contributed by atoms with Crippen LogP contribution in [0.1, 0.15) is 25.0 Å². The molecule has 1 aliphatic rings. The maximum absolute atomic E-state index is 14.5. The average Bonchev–Trinajstić information content (AvgIpc) is 3.92. The Bertz CT molecular complexity index is 3930. The van der Waals surface area contributed by atoms with Crippen molar-refractivity contribution in [1.82, 2.24) is 24.1 Å². The van der Waals surface area contributed by atoms with E-state index in [4.69, 9.17) is 9.97 Å². The van der Waals surface area contributed by atoms with Gasteiger partial charge in [0.1, 0.15) is 5.52 Å². The molecule has 1 N–H and O–H groups in total. The van der Waals surface area contributed by atoms with Crippen LogP contribution in [0.25, 0.3) is 111 Å². The van der Waals surface area contributed by atoms with Crippen LogP contribution in [0.5, 0.6) is 0 Å². The Hall–Kier alpha value is -8.09. The third-order valence-corrected chi connectivity index (χ3v) is 13.3. The predicted molar refractivity (Wildman–Crippen MR) is 255 cm³/mol. The topological polar surface area (TPSA) is 68.5 Å². The molecule has 8 aromatic carbocycles. The largest absolute Gasteiger partial charge is 0.320 e. The van der Waals surface area contributed by atoms with Gasteiger partial charge in [-0.3, -0.25) is 9.36 Å². The lowest BCUT2D eigenvalue weighted by molar-refractivity contribution is 0.660. The number of H-pyrrole nitrogens is 1. The highest BCUT2D eigenvalue weighted by atomic mass is 16.1. The molecule has 62 heavy (non-hydrogen) atoms. The van der Waals surface area contributed by atoms with E-state index in [1.807, 2.05) is 41.0 Å². The summed E-state index contributed by atoms with van der Waals surface area (Å²) in [6, 6.07) is 64.1. The first kappa shape index (κ1) is 34.7. The van der Waals surface area contributed by atoms with Crippen LogP contribution in [-0.4, -0.2) is 24.1 Å². The van der Waals surface area contributed by atoms with E-state index in [1.54, 1.807) is 0 Å². The van der Waals surface area contributed by atoms with E-state index in [1.165, 1.54) is 38.5 Å². The van der Waals surface area contributed by atoms with Gasteiger partial charge in [0.15, 0.2) is 0 Å². The zero-order valence-electron chi connectivity index (χ0n) is 34.0. The minimum absolute atomic E-state index is 0.171. The van der Waals surface area contributed by atoms with Crippen LogP contribution in [0.3, 0.4) is 0 Å². The SMILES string of the molecule is CC1(C)c2ccccc2-c2ccc(-c3nc(-n4c5ccc(-c6ccc7c(c6)c6ccccc6n7-c6ccccc6)cc5c5c6ccccc6[nH]c(=O)c54)nc4ccccc34)cc21. The highest BCUT2D eigenvalue weighted by Crippen LogP contribution is 2.50. The molecule has 0 aliphatic heterocycles. The van der Waals surface area contributed by atoms with Crippen molar-refractivity contribution in [1.29, 1.82) is 0 Å². The Morgan fingerprint density at radius 2 is 1.11 bits per heavy atom. The summed E-state index contributed by atoms with van der Waals surface area (Å²) in [7, 11) is 0. The number of nitrogens with zero attached hydrogens (tertiary/aromatic N) is 4. The molecule has 0 saturated carbocycles. The molecule has 4 aromatic heterocycles. The number of hydrogen-bond acceptors (Lipinski definition) is 3. The summed E-state index contributed by atoms with van der Waals surface area (Å²) in [5, 5.41) is 6.13. The maximum Gasteiger partial charge on any atom is 0.273 e. The Morgan fingerprint density at radius 1 is 0.484 bits per heavy atom. The van der Waals surface area contributed by atoms with Crippen LogP contribution in [0, 0.1) is 0 Å². The van der Waals surface area contributed by atoms with E-state index < -0.39 is 0 Å². The fraction of sp³-hybridized carbons (Fsp3) is 0.0536. The van der Waals surface area contributed by atoms with Crippen molar-refractivity contribution in [3.05, 3.63) is 203 Å². The van der Waals surface area contributed by atoms with Gasteiger partial charge in [0, 0.05) is 54.5 Å². The smallest absolute Gasteiger partial charge is 0.273 e. The molecule has 0 radical (unpaired) electrons. The minimum Gasteiger partial charge on any atom is -0.320 e. The average molecular weight is 796 g/mol. The van der Waals surface area contributed by atoms with Crippen molar-refractivity contribution in [3.8, 4) is 45.1 Å². The maximum atomic E-state index is 14.5. The summed E-state index contributed by atoms with van der Waals surface area (Å²) in [4.78, 5) is 28.3. The Balaban J connectivity index is 1.05. The number of aromatic nitrogens is 5. The van der Waals surface area contributed by atoms with Crippen LogP contribution in [0.15, 0.2) is 187 Å². The molecule has 6 nitrogen and oxygen atoms in total. The first-order valence-electron chi connectivity index (χ1n) is 21.1. The van der Waals surface area contributed by atoms with E-state index in [9.17, 15) is 4.79 Å². The number of pyridine rings is 1. The fourth-order valence-corrected chi connectivity index (χ4v) is 10.4. The number of nitrogens with one attached hydrogen (secondary N) is 1. The van der Waals surface area contributed by atoms with Crippen LogP contribution in [-0.2, 0) is 5.41 Å². The first-order valence-corrected chi connectivity index (χ1v) is 21.1. The van der Waals surface area contributed by atoms with Gasteiger partial charge in [-0.1, -0.05) is 135 Å². The highest BCUT2D eigenvalue weighted by molar-refractivity contribution is 6.21. The number of hydrogen-bond donors (Lipinski definition) is 1. The lowest BCUT2D eigenvalue weighted by Crippen LogP contribution is -2.15. The molecule has 0 unspecified atom stereocenters. The van der Waals surface area contributed by atoms with Gasteiger partial charge in [-0.25, -0.2) is 9.97 Å². The molecule has 4 heterocycles. The number of para-hydroxylation sites is 4. The number of fused-ring (bicyclic) bond motifs is 12. The monoisotopic (exact) mass is 795 g/mol. The Morgan fingerprint density at radius 3 is 1.95 bits per heavy atom. The molecule has 0 atom stereocenters. The van der Waals surface area contributed by atoms with Gasteiger partial charge < -0.3 is 9.55 Å². The lowest BCUT2D eigenvalue weighted by atomic mass is 9.82. The highest BCUT2D eigenvalue weighted by Gasteiger charge is 2.35. The van der Waals surface area contributed by atoms with Crippen LogP contribution in [0.4, 0.5) is 0 Å². The van der Waals surface area contributed by atoms with E-state index in [-0.39, 0.29) is 11.0 Å². The van der Waals surface area contributed by atoms with E-state index in [0.717, 1.165) is 71.7 Å². The molecular weight excluding hydrogens is 759 g/mol. The quantitative estimate of drug-likeness (QED) is 0.193. The first-order chi connectivity index (χ1) is 30.4. The molecular formula is C56H37N5O. The second-order valence-electron chi connectivity index (χ2n) is 17.0. The van der Waals surface area contributed by atoms with E-state index >= 15 is 0 Å². The van der Waals surface area contributed by atoms with Gasteiger partial charge in [0.05, 0.1) is 27.8 Å². The van der Waals surface area contributed by atoms with Gasteiger partial charge in [-0.15, -0.1) is 0 Å². The van der Waals surface area contributed by atoms with Crippen molar-refractivity contribution in [2.24, 2.45) is 0 Å². The zero-order valence-corrected chi connectivity index (χ0v) is 34.0. The van der Waals surface area contributed by atoms with Crippen molar-refractivity contribution in [2.75, 3.05) is 0 Å². The third-order valence-electron chi connectivity index (χ3n) is 13.3. The summed E-state index contributed by atoms with van der Waals surface area (Å²) < 4.78 is 4.31. The Kier molecular flexibility index (Phi) is 7.12. The molecule has 0 bridgehead atoms. The van der Waals surface area contributed by atoms with Crippen molar-refractivity contribution in [3.63, 3.8) is 0 Å². The van der Waals surface area contributed by atoms with Gasteiger partial charge in [0.25, 0.3) is 5.56 Å². The molecule has 12 aromatic rings. The number of aromatic amines is 1. The third kappa shape index (κ3) is 4.83. The van der Waals surface area contributed by atoms with Crippen molar-refractivity contribution >= 4 is 65.4 Å². The minimum atomic E-state index is -0.193.